The van der Waals surface area contributed by atoms with E-state index in [1.807, 2.05) is 6.92 Å². The van der Waals surface area contributed by atoms with Crippen molar-refractivity contribution >= 4 is 29.1 Å². The molecular formula is C17H18ClN3O3. The lowest BCUT2D eigenvalue weighted by Gasteiger charge is -2.11. The van der Waals surface area contributed by atoms with Crippen LogP contribution in [0.2, 0.25) is 5.02 Å². The average Bonchev–Trinajstić information content (AvgIpc) is 2.55. The van der Waals surface area contributed by atoms with Crippen LogP contribution in [0, 0.1) is 6.92 Å². The van der Waals surface area contributed by atoms with Crippen LogP contribution >= 0.6 is 11.6 Å². The van der Waals surface area contributed by atoms with Gasteiger partial charge in [-0.3, -0.25) is 14.6 Å². The molecule has 1 heterocycles. The molecule has 0 radical (unpaired) electrons. The molecule has 1 aromatic carbocycles. The highest BCUT2D eigenvalue weighted by molar-refractivity contribution is 6.31. The van der Waals surface area contributed by atoms with Crippen molar-refractivity contribution in [1.29, 1.82) is 0 Å². The molecule has 0 aliphatic rings. The number of anilines is 1. The fourth-order valence-corrected chi connectivity index (χ4v) is 2.02. The second-order valence-electron chi connectivity index (χ2n) is 5.38. The van der Waals surface area contributed by atoms with Gasteiger partial charge in [0, 0.05) is 31.0 Å². The molecule has 0 spiro atoms. The molecule has 2 rings (SSSR count). The van der Waals surface area contributed by atoms with E-state index in [4.69, 9.17) is 16.3 Å². The second-order valence-corrected chi connectivity index (χ2v) is 5.78. The number of hydrogen-bond acceptors (Lipinski definition) is 4. The molecule has 1 aromatic heterocycles. The van der Waals surface area contributed by atoms with Crippen LogP contribution in [0.3, 0.4) is 0 Å². The maximum atomic E-state index is 12.0. The quantitative estimate of drug-likeness (QED) is 0.902. The molecule has 0 aliphatic heterocycles. The van der Waals surface area contributed by atoms with E-state index in [9.17, 15) is 9.59 Å². The lowest BCUT2D eigenvalue weighted by molar-refractivity contribution is -0.118. The number of aromatic nitrogens is 1. The zero-order chi connectivity index (χ0) is 17.7. The van der Waals surface area contributed by atoms with Gasteiger partial charge < -0.3 is 15.0 Å². The van der Waals surface area contributed by atoms with Crippen LogP contribution in [0.25, 0.3) is 0 Å². The monoisotopic (exact) mass is 347 g/mol. The lowest BCUT2D eigenvalue weighted by atomic mass is 10.2. The van der Waals surface area contributed by atoms with E-state index in [-0.39, 0.29) is 24.1 Å². The van der Waals surface area contributed by atoms with Gasteiger partial charge in [-0.2, -0.15) is 0 Å². The van der Waals surface area contributed by atoms with Gasteiger partial charge >= 0.3 is 0 Å². The summed E-state index contributed by atoms with van der Waals surface area (Å²) in [5, 5.41) is 3.31. The van der Waals surface area contributed by atoms with Crippen molar-refractivity contribution in [2.75, 3.05) is 26.0 Å². The fourth-order valence-electron chi connectivity index (χ4n) is 1.91. The van der Waals surface area contributed by atoms with Crippen molar-refractivity contribution in [1.82, 2.24) is 9.88 Å². The Morgan fingerprint density at radius 3 is 2.67 bits per heavy atom. The zero-order valence-corrected chi connectivity index (χ0v) is 14.4. The highest BCUT2D eigenvalue weighted by Crippen LogP contribution is 2.21. The van der Waals surface area contributed by atoms with E-state index in [0.717, 1.165) is 5.56 Å². The summed E-state index contributed by atoms with van der Waals surface area (Å²) in [7, 11) is 3.27. The molecule has 6 nitrogen and oxygen atoms in total. The molecule has 0 fully saturated rings. The van der Waals surface area contributed by atoms with Crippen molar-refractivity contribution in [2.45, 2.75) is 6.92 Å². The van der Waals surface area contributed by atoms with Crippen molar-refractivity contribution < 1.29 is 14.3 Å². The van der Waals surface area contributed by atoms with Gasteiger partial charge in [0.25, 0.3) is 11.8 Å². The molecule has 1 N–H and O–H groups in total. The first-order valence-corrected chi connectivity index (χ1v) is 7.61. The number of carbonyl (C=O) groups is 2. The molecular weight excluding hydrogens is 330 g/mol. The molecule has 0 saturated heterocycles. The highest BCUT2D eigenvalue weighted by Gasteiger charge is 2.11. The standard InChI is InChI=1S/C17H18ClN3O3/c1-11-8-13(4-5-14(11)18)24-10-16(22)20-12-6-7-19-15(9-12)17(23)21(2)3/h4-9H,10H2,1-3H3,(H,19,20,22). The fraction of sp³-hybridized carbons (Fsp3) is 0.235. The normalized spacial score (nSPS) is 10.2. The Morgan fingerprint density at radius 2 is 2.00 bits per heavy atom. The summed E-state index contributed by atoms with van der Waals surface area (Å²) >= 11 is 5.94. The van der Waals surface area contributed by atoms with Crippen molar-refractivity contribution in [3.05, 3.63) is 52.8 Å². The average molecular weight is 348 g/mol. The highest BCUT2D eigenvalue weighted by atomic mass is 35.5. The Balaban J connectivity index is 1.96. The number of hydrogen-bond donors (Lipinski definition) is 1. The molecule has 0 aliphatic carbocycles. The third kappa shape index (κ3) is 4.70. The van der Waals surface area contributed by atoms with Crippen LogP contribution in [-0.2, 0) is 4.79 Å². The van der Waals surface area contributed by atoms with Gasteiger partial charge in [0.2, 0.25) is 0 Å². The van der Waals surface area contributed by atoms with Gasteiger partial charge in [-0.05, 0) is 42.8 Å². The number of nitrogens with zero attached hydrogens (tertiary/aromatic N) is 2. The molecule has 7 heteroatoms. The minimum absolute atomic E-state index is 0.152. The summed E-state index contributed by atoms with van der Waals surface area (Å²) in [4.78, 5) is 29.3. The predicted octanol–water partition coefficient (Wildman–Crippen LogP) is 2.76. The first-order chi connectivity index (χ1) is 11.4. The van der Waals surface area contributed by atoms with Crippen LogP contribution in [0.4, 0.5) is 5.69 Å². The van der Waals surface area contributed by atoms with E-state index in [0.29, 0.717) is 16.5 Å². The summed E-state index contributed by atoms with van der Waals surface area (Å²) in [5.41, 5.74) is 1.61. The van der Waals surface area contributed by atoms with Crippen LogP contribution in [0.15, 0.2) is 36.5 Å². The zero-order valence-electron chi connectivity index (χ0n) is 13.7. The molecule has 2 aromatic rings. The summed E-state index contributed by atoms with van der Waals surface area (Å²) in [6.45, 7) is 1.70. The predicted molar refractivity (Wildman–Crippen MR) is 92.6 cm³/mol. The van der Waals surface area contributed by atoms with Crippen molar-refractivity contribution in [3.8, 4) is 5.75 Å². The third-order valence-corrected chi connectivity index (χ3v) is 3.59. The van der Waals surface area contributed by atoms with Gasteiger partial charge in [0.1, 0.15) is 11.4 Å². The first kappa shape index (κ1) is 17.7. The Hall–Kier alpha value is -2.60. The molecule has 24 heavy (non-hydrogen) atoms. The molecule has 0 unspecified atom stereocenters. The largest absolute Gasteiger partial charge is 0.484 e. The number of aryl methyl sites for hydroxylation is 1. The number of nitrogens with one attached hydrogen (secondary N) is 1. The molecule has 126 valence electrons. The Morgan fingerprint density at radius 1 is 1.25 bits per heavy atom. The van der Waals surface area contributed by atoms with E-state index in [2.05, 4.69) is 10.3 Å². The van der Waals surface area contributed by atoms with Crippen LogP contribution in [0.1, 0.15) is 16.1 Å². The van der Waals surface area contributed by atoms with Gasteiger partial charge in [0.15, 0.2) is 6.61 Å². The maximum absolute atomic E-state index is 12.0. The summed E-state index contributed by atoms with van der Waals surface area (Å²) < 4.78 is 5.43. The van der Waals surface area contributed by atoms with Crippen molar-refractivity contribution in [3.63, 3.8) is 0 Å². The number of benzene rings is 1. The van der Waals surface area contributed by atoms with E-state index in [1.165, 1.54) is 17.2 Å². The SMILES string of the molecule is Cc1cc(OCC(=O)Nc2ccnc(C(=O)N(C)C)c2)ccc1Cl. The summed E-state index contributed by atoms with van der Waals surface area (Å²) in [6, 6.07) is 8.30. The summed E-state index contributed by atoms with van der Waals surface area (Å²) in [6.07, 6.45) is 1.47. The lowest BCUT2D eigenvalue weighted by Crippen LogP contribution is -2.24. The van der Waals surface area contributed by atoms with Gasteiger partial charge in [-0.1, -0.05) is 11.6 Å². The van der Waals surface area contributed by atoms with Gasteiger partial charge in [-0.25, -0.2) is 0 Å². The molecule has 2 amide bonds. The smallest absolute Gasteiger partial charge is 0.272 e. The van der Waals surface area contributed by atoms with Crippen LogP contribution in [-0.4, -0.2) is 42.4 Å². The molecule has 0 saturated carbocycles. The van der Waals surface area contributed by atoms with Gasteiger partial charge in [0.05, 0.1) is 0 Å². The first-order valence-electron chi connectivity index (χ1n) is 7.23. The number of pyridine rings is 1. The van der Waals surface area contributed by atoms with Crippen LogP contribution < -0.4 is 10.1 Å². The Labute approximate surface area is 145 Å². The number of carbonyl (C=O) groups excluding carboxylic acids is 2. The van der Waals surface area contributed by atoms with E-state index >= 15 is 0 Å². The second kappa shape index (κ2) is 7.79. The van der Waals surface area contributed by atoms with Crippen molar-refractivity contribution in [2.24, 2.45) is 0 Å². The topological polar surface area (TPSA) is 71.5 Å². The maximum Gasteiger partial charge on any atom is 0.272 e. The Bertz CT molecular complexity index is 762. The van der Waals surface area contributed by atoms with E-state index < -0.39 is 0 Å². The van der Waals surface area contributed by atoms with E-state index in [1.54, 1.807) is 38.4 Å². The summed E-state index contributed by atoms with van der Waals surface area (Å²) in [5.74, 6) is -0.0127. The minimum atomic E-state index is -0.336. The molecule has 0 atom stereocenters. The number of rotatable bonds is 5. The Kier molecular flexibility index (Phi) is 5.76. The van der Waals surface area contributed by atoms with Gasteiger partial charge in [-0.15, -0.1) is 0 Å². The third-order valence-electron chi connectivity index (χ3n) is 3.17. The molecule has 0 bridgehead atoms. The number of amides is 2. The minimum Gasteiger partial charge on any atom is -0.484 e. The van der Waals surface area contributed by atoms with Crippen LogP contribution in [0.5, 0.6) is 5.75 Å². The number of halogens is 1. The number of ether oxygens (including phenoxy) is 1.